The summed E-state index contributed by atoms with van der Waals surface area (Å²) in [5.41, 5.74) is 1.37. The third kappa shape index (κ3) is 4.19. The molecule has 0 saturated heterocycles. The van der Waals surface area contributed by atoms with Crippen LogP contribution in [0.4, 0.5) is 0 Å². The van der Waals surface area contributed by atoms with E-state index < -0.39 is 0 Å². The van der Waals surface area contributed by atoms with Crippen molar-refractivity contribution in [2.24, 2.45) is 0 Å². The first-order valence-electron chi connectivity index (χ1n) is 5.81. The number of ether oxygens (including phenoxy) is 1. The molecule has 1 aromatic heterocycles. The standard InChI is InChI=1S/C13H22N2O/c1-5-8-13(2,3)15-10-11-6-7-12(16-4)14-9-11/h6-7,9,15H,5,8,10H2,1-4H3. The van der Waals surface area contributed by atoms with E-state index in [-0.39, 0.29) is 5.54 Å². The lowest BCUT2D eigenvalue weighted by atomic mass is 9.99. The Morgan fingerprint density at radius 1 is 1.38 bits per heavy atom. The summed E-state index contributed by atoms with van der Waals surface area (Å²) in [6.07, 6.45) is 4.23. The van der Waals surface area contributed by atoms with E-state index in [0.29, 0.717) is 5.88 Å². The molecular formula is C13H22N2O. The van der Waals surface area contributed by atoms with E-state index in [9.17, 15) is 0 Å². The van der Waals surface area contributed by atoms with Gasteiger partial charge in [0.05, 0.1) is 7.11 Å². The SMILES string of the molecule is CCCC(C)(C)NCc1ccc(OC)nc1. The van der Waals surface area contributed by atoms with Crippen LogP contribution in [0.25, 0.3) is 0 Å². The van der Waals surface area contributed by atoms with E-state index in [1.54, 1.807) is 7.11 Å². The van der Waals surface area contributed by atoms with E-state index in [4.69, 9.17) is 4.74 Å². The topological polar surface area (TPSA) is 34.1 Å². The smallest absolute Gasteiger partial charge is 0.212 e. The second-order valence-corrected chi connectivity index (χ2v) is 4.70. The number of hydrogen-bond donors (Lipinski definition) is 1. The van der Waals surface area contributed by atoms with Crippen LogP contribution in [-0.2, 0) is 6.54 Å². The number of nitrogens with zero attached hydrogens (tertiary/aromatic N) is 1. The van der Waals surface area contributed by atoms with Crippen molar-refractivity contribution in [2.45, 2.75) is 45.7 Å². The van der Waals surface area contributed by atoms with E-state index in [0.717, 1.165) is 6.54 Å². The van der Waals surface area contributed by atoms with Crippen molar-refractivity contribution in [3.05, 3.63) is 23.9 Å². The van der Waals surface area contributed by atoms with Crippen molar-refractivity contribution in [3.63, 3.8) is 0 Å². The summed E-state index contributed by atoms with van der Waals surface area (Å²) < 4.78 is 5.02. The van der Waals surface area contributed by atoms with Crippen molar-refractivity contribution in [1.82, 2.24) is 10.3 Å². The fourth-order valence-electron chi connectivity index (χ4n) is 1.69. The van der Waals surface area contributed by atoms with Gasteiger partial charge in [-0.25, -0.2) is 4.98 Å². The number of aromatic nitrogens is 1. The largest absolute Gasteiger partial charge is 0.481 e. The monoisotopic (exact) mass is 222 g/mol. The van der Waals surface area contributed by atoms with Gasteiger partial charge in [0.15, 0.2) is 0 Å². The second-order valence-electron chi connectivity index (χ2n) is 4.70. The average Bonchev–Trinajstić information content (AvgIpc) is 2.27. The molecule has 1 rings (SSSR count). The number of rotatable bonds is 6. The Bertz CT molecular complexity index is 306. The summed E-state index contributed by atoms with van der Waals surface area (Å²) in [5.74, 6) is 0.663. The Labute approximate surface area is 98.2 Å². The number of hydrogen-bond acceptors (Lipinski definition) is 3. The summed E-state index contributed by atoms with van der Waals surface area (Å²) >= 11 is 0. The highest BCUT2D eigenvalue weighted by Crippen LogP contribution is 2.12. The highest BCUT2D eigenvalue weighted by Gasteiger charge is 2.14. The maximum Gasteiger partial charge on any atom is 0.212 e. The zero-order valence-corrected chi connectivity index (χ0v) is 10.7. The molecule has 1 heterocycles. The zero-order chi connectivity index (χ0) is 12.0. The number of nitrogens with one attached hydrogen (secondary N) is 1. The summed E-state index contributed by atoms with van der Waals surface area (Å²) in [6.45, 7) is 7.52. The lowest BCUT2D eigenvalue weighted by Crippen LogP contribution is -2.38. The minimum atomic E-state index is 0.189. The molecule has 0 aliphatic carbocycles. The molecule has 0 saturated carbocycles. The van der Waals surface area contributed by atoms with Gasteiger partial charge in [0.1, 0.15) is 0 Å². The van der Waals surface area contributed by atoms with Gasteiger partial charge in [0.2, 0.25) is 5.88 Å². The molecule has 16 heavy (non-hydrogen) atoms. The summed E-state index contributed by atoms with van der Waals surface area (Å²) in [5, 5.41) is 3.53. The van der Waals surface area contributed by atoms with Crippen LogP contribution < -0.4 is 10.1 Å². The van der Waals surface area contributed by atoms with Crippen molar-refractivity contribution in [2.75, 3.05) is 7.11 Å². The van der Waals surface area contributed by atoms with Crippen molar-refractivity contribution >= 4 is 0 Å². The molecule has 1 aromatic rings. The highest BCUT2D eigenvalue weighted by atomic mass is 16.5. The molecule has 0 fully saturated rings. The quantitative estimate of drug-likeness (QED) is 0.803. The first kappa shape index (κ1) is 13.0. The fraction of sp³-hybridized carbons (Fsp3) is 0.615. The molecule has 0 spiro atoms. The third-order valence-corrected chi connectivity index (χ3v) is 2.65. The van der Waals surface area contributed by atoms with E-state index in [2.05, 4.69) is 31.1 Å². The van der Waals surface area contributed by atoms with Gasteiger partial charge in [-0.3, -0.25) is 0 Å². The minimum absolute atomic E-state index is 0.189. The van der Waals surface area contributed by atoms with E-state index >= 15 is 0 Å². The second kappa shape index (κ2) is 5.85. The van der Waals surface area contributed by atoms with Crippen LogP contribution >= 0.6 is 0 Å². The van der Waals surface area contributed by atoms with Crippen LogP contribution in [0.2, 0.25) is 0 Å². The predicted octanol–water partition coefficient (Wildman–Crippen LogP) is 2.76. The average molecular weight is 222 g/mol. The summed E-state index contributed by atoms with van der Waals surface area (Å²) in [6, 6.07) is 3.94. The van der Waals surface area contributed by atoms with Gasteiger partial charge in [0.25, 0.3) is 0 Å². The van der Waals surface area contributed by atoms with Gasteiger partial charge in [-0.05, 0) is 25.8 Å². The number of pyridine rings is 1. The predicted molar refractivity (Wildman–Crippen MR) is 66.6 cm³/mol. The molecule has 90 valence electrons. The normalized spacial score (nSPS) is 11.5. The van der Waals surface area contributed by atoms with Crippen LogP contribution in [0, 0.1) is 0 Å². The van der Waals surface area contributed by atoms with Crippen LogP contribution in [0.1, 0.15) is 39.2 Å². The van der Waals surface area contributed by atoms with Crippen LogP contribution in [0.15, 0.2) is 18.3 Å². The van der Waals surface area contributed by atoms with Crippen LogP contribution in [0.5, 0.6) is 5.88 Å². The van der Waals surface area contributed by atoms with Gasteiger partial charge in [-0.15, -0.1) is 0 Å². The molecule has 1 N–H and O–H groups in total. The molecule has 0 radical (unpaired) electrons. The van der Waals surface area contributed by atoms with Crippen LogP contribution in [-0.4, -0.2) is 17.6 Å². The Balaban J connectivity index is 2.48. The van der Waals surface area contributed by atoms with Gasteiger partial charge in [-0.1, -0.05) is 19.4 Å². The fourth-order valence-corrected chi connectivity index (χ4v) is 1.69. The maximum absolute atomic E-state index is 5.02. The molecule has 3 heteroatoms. The van der Waals surface area contributed by atoms with Crippen molar-refractivity contribution in [3.8, 4) is 5.88 Å². The first-order valence-corrected chi connectivity index (χ1v) is 5.81. The molecule has 0 aliphatic rings. The molecule has 3 nitrogen and oxygen atoms in total. The zero-order valence-electron chi connectivity index (χ0n) is 10.7. The molecule has 0 amide bonds. The summed E-state index contributed by atoms with van der Waals surface area (Å²) in [4.78, 5) is 4.18. The van der Waals surface area contributed by atoms with E-state index in [1.807, 2.05) is 18.3 Å². The molecule has 0 aliphatic heterocycles. The Morgan fingerprint density at radius 3 is 2.62 bits per heavy atom. The van der Waals surface area contributed by atoms with E-state index in [1.165, 1.54) is 18.4 Å². The Morgan fingerprint density at radius 2 is 2.12 bits per heavy atom. The van der Waals surface area contributed by atoms with Gasteiger partial charge < -0.3 is 10.1 Å². The van der Waals surface area contributed by atoms with Gasteiger partial charge in [0, 0.05) is 24.3 Å². The van der Waals surface area contributed by atoms with Gasteiger partial charge >= 0.3 is 0 Å². The lowest BCUT2D eigenvalue weighted by molar-refractivity contribution is 0.356. The molecule has 0 bridgehead atoms. The molecule has 0 unspecified atom stereocenters. The third-order valence-electron chi connectivity index (χ3n) is 2.65. The lowest BCUT2D eigenvalue weighted by Gasteiger charge is -2.25. The van der Waals surface area contributed by atoms with Gasteiger partial charge in [-0.2, -0.15) is 0 Å². The van der Waals surface area contributed by atoms with Crippen molar-refractivity contribution in [1.29, 1.82) is 0 Å². The minimum Gasteiger partial charge on any atom is -0.481 e. The first-order chi connectivity index (χ1) is 7.57. The highest BCUT2D eigenvalue weighted by molar-refractivity contribution is 5.17. The molecular weight excluding hydrogens is 200 g/mol. The Kier molecular flexibility index (Phi) is 4.74. The maximum atomic E-state index is 5.02. The molecule has 0 aromatic carbocycles. The molecule has 0 atom stereocenters. The number of methoxy groups -OCH3 is 1. The van der Waals surface area contributed by atoms with Crippen molar-refractivity contribution < 1.29 is 4.74 Å². The van der Waals surface area contributed by atoms with Crippen LogP contribution in [0.3, 0.4) is 0 Å². The summed E-state index contributed by atoms with van der Waals surface area (Å²) in [7, 11) is 1.63. The Hall–Kier alpha value is -1.09.